The smallest absolute Gasteiger partial charge is 0.368 e. The summed E-state index contributed by atoms with van der Waals surface area (Å²) in [6, 6.07) is 1.11. The highest BCUT2D eigenvalue weighted by Gasteiger charge is 2.34. The second-order valence-corrected chi connectivity index (χ2v) is 6.66. The van der Waals surface area contributed by atoms with Gasteiger partial charge < -0.3 is 14.3 Å². The van der Waals surface area contributed by atoms with Crippen molar-refractivity contribution in [2.45, 2.75) is 0 Å². The van der Waals surface area contributed by atoms with Gasteiger partial charge in [0.15, 0.2) is 0 Å². The van der Waals surface area contributed by atoms with E-state index in [0.29, 0.717) is 5.52 Å². The number of phosphoric ester groups is 1. The molecule has 2 rings (SSSR count). The lowest BCUT2D eigenvalue weighted by Crippen LogP contribution is -1.99. The fraction of sp³-hybridized carbons (Fsp3) is 0. The van der Waals surface area contributed by atoms with Crippen LogP contribution < -0.4 is 4.52 Å². The largest absolute Gasteiger partial charge is 0.538 e. The van der Waals surface area contributed by atoms with Crippen LogP contribution in [0.4, 0.5) is 0 Å². The van der Waals surface area contributed by atoms with Gasteiger partial charge in [0.25, 0.3) is 0 Å². The normalized spacial score (nSPS) is 15.5. The highest BCUT2D eigenvalue weighted by atomic mass is 32.1. The van der Waals surface area contributed by atoms with Crippen molar-refractivity contribution in [1.29, 1.82) is 0 Å². The summed E-state index contributed by atoms with van der Waals surface area (Å²) in [6.07, 6.45) is 1.35. The van der Waals surface area contributed by atoms with Crippen molar-refractivity contribution in [2.24, 2.45) is 0 Å². The average molecular weight is 312 g/mol. The van der Waals surface area contributed by atoms with E-state index in [2.05, 4.69) is 18.8 Å². The van der Waals surface area contributed by atoms with Gasteiger partial charge in [0.05, 0.1) is 16.4 Å². The predicted molar refractivity (Wildman–Crippen MR) is 61.0 cm³/mol. The summed E-state index contributed by atoms with van der Waals surface area (Å²) in [5.74, 6) is 0. The molecule has 1 atom stereocenters. The Labute approximate surface area is 104 Å². The van der Waals surface area contributed by atoms with Crippen molar-refractivity contribution >= 4 is 37.2 Å². The third-order valence-corrected chi connectivity index (χ3v) is 4.50. The number of aromatic nitrogens is 2. The topological polar surface area (TPSA) is 139 Å². The molecule has 0 radical (unpaired) electrons. The van der Waals surface area contributed by atoms with Crippen LogP contribution in [-0.4, -0.2) is 24.6 Å². The number of hydrogen-bond acceptors (Lipinski definition) is 7. The average Bonchev–Trinajstić information content (AvgIpc) is 2.59. The number of rotatable bonds is 4. The first kappa shape index (κ1) is 13.6. The van der Waals surface area contributed by atoms with Gasteiger partial charge in [0, 0.05) is 0 Å². The molecule has 9 nitrogen and oxygen atoms in total. The van der Waals surface area contributed by atoms with Crippen LogP contribution in [0.1, 0.15) is 0 Å². The first-order chi connectivity index (χ1) is 8.25. The predicted octanol–water partition coefficient (Wildman–Crippen LogP) is 1.28. The molecule has 0 aliphatic carbocycles. The van der Waals surface area contributed by atoms with Gasteiger partial charge in [-0.25, -0.2) is 14.1 Å². The van der Waals surface area contributed by atoms with Crippen molar-refractivity contribution in [3.8, 4) is 6.01 Å². The Morgan fingerprint density at radius 1 is 1.28 bits per heavy atom. The summed E-state index contributed by atoms with van der Waals surface area (Å²) in [5.41, 5.74) is 0.473. The van der Waals surface area contributed by atoms with E-state index >= 15 is 0 Å². The van der Waals surface area contributed by atoms with E-state index < -0.39 is 21.7 Å². The lowest BCUT2D eigenvalue weighted by molar-refractivity contribution is 0.226. The molecule has 1 unspecified atom stereocenters. The van der Waals surface area contributed by atoms with Crippen molar-refractivity contribution in [1.82, 2.24) is 9.97 Å². The quantitative estimate of drug-likeness (QED) is 0.712. The Bertz CT molecular complexity index is 667. The van der Waals surface area contributed by atoms with Crippen LogP contribution >= 0.6 is 27.0 Å². The number of phosphoric acid groups is 2. The van der Waals surface area contributed by atoms with Gasteiger partial charge in [-0.3, -0.25) is 4.89 Å². The van der Waals surface area contributed by atoms with Gasteiger partial charge in [0.2, 0.25) is 0 Å². The van der Waals surface area contributed by atoms with Gasteiger partial charge in [-0.2, -0.15) is 9.29 Å². The summed E-state index contributed by atoms with van der Waals surface area (Å²) in [4.78, 5) is 33.3. The van der Waals surface area contributed by atoms with E-state index in [1.807, 2.05) is 0 Å². The fourth-order valence-corrected chi connectivity index (χ4v) is 3.24. The third kappa shape index (κ3) is 3.56. The molecule has 0 spiro atoms. The Balaban J connectivity index is 2.22. The Morgan fingerprint density at radius 2 is 2.00 bits per heavy atom. The molecule has 0 fully saturated rings. The summed E-state index contributed by atoms with van der Waals surface area (Å²) in [6.45, 7) is 0. The van der Waals surface area contributed by atoms with Crippen LogP contribution in [0.5, 0.6) is 6.01 Å². The maximum Gasteiger partial charge on any atom is 0.538 e. The van der Waals surface area contributed by atoms with E-state index in [4.69, 9.17) is 14.7 Å². The Kier molecular flexibility index (Phi) is 3.52. The highest BCUT2D eigenvalue weighted by molar-refractivity contribution is 7.60. The van der Waals surface area contributed by atoms with Crippen LogP contribution in [0.2, 0.25) is 0 Å². The number of thiophene rings is 1. The van der Waals surface area contributed by atoms with Crippen molar-refractivity contribution < 1.29 is 32.6 Å². The van der Waals surface area contributed by atoms with Crippen molar-refractivity contribution in [3.63, 3.8) is 0 Å². The zero-order chi connectivity index (χ0) is 13.4. The molecule has 0 aliphatic heterocycles. The number of hydrogen-bond donors (Lipinski definition) is 3. The van der Waals surface area contributed by atoms with Crippen molar-refractivity contribution in [3.05, 3.63) is 17.6 Å². The highest BCUT2D eigenvalue weighted by Crippen LogP contribution is 2.56. The summed E-state index contributed by atoms with van der Waals surface area (Å²) >= 11 is 1.36. The van der Waals surface area contributed by atoms with Gasteiger partial charge in [-0.05, 0) is 11.4 Å². The SMILES string of the molecule is O=P(O)(O)OP(=O)(O)Oc1ncc2sccc2n1. The second kappa shape index (κ2) is 4.67. The monoisotopic (exact) mass is 312 g/mol. The van der Waals surface area contributed by atoms with E-state index in [1.54, 1.807) is 11.4 Å². The Hall–Kier alpha value is -0.860. The van der Waals surface area contributed by atoms with Gasteiger partial charge >= 0.3 is 21.7 Å². The summed E-state index contributed by atoms with van der Waals surface area (Å²) in [5, 5.41) is 1.73. The number of fused-ring (bicyclic) bond motifs is 1. The lowest BCUT2D eigenvalue weighted by Gasteiger charge is -2.11. The minimum absolute atomic E-state index is 0.473. The molecular formula is C6H6N2O7P2S. The summed E-state index contributed by atoms with van der Waals surface area (Å²) < 4.78 is 30.3. The van der Waals surface area contributed by atoms with E-state index in [-0.39, 0.29) is 0 Å². The number of nitrogens with zero attached hydrogens (tertiary/aromatic N) is 2. The second-order valence-electron chi connectivity index (χ2n) is 2.95. The molecule has 0 bridgehead atoms. The first-order valence-electron chi connectivity index (χ1n) is 4.25. The van der Waals surface area contributed by atoms with Crippen LogP contribution in [-0.2, 0) is 13.4 Å². The van der Waals surface area contributed by atoms with Gasteiger partial charge in [0.1, 0.15) is 0 Å². The molecule has 3 N–H and O–H groups in total. The maximum absolute atomic E-state index is 11.2. The van der Waals surface area contributed by atoms with Crippen LogP contribution in [0.15, 0.2) is 17.6 Å². The molecule has 2 heterocycles. The van der Waals surface area contributed by atoms with E-state index in [1.165, 1.54) is 17.5 Å². The zero-order valence-electron chi connectivity index (χ0n) is 8.40. The van der Waals surface area contributed by atoms with Crippen molar-refractivity contribution in [2.75, 3.05) is 0 Å². The summed E-state index contributed by atoms with van der Waals surface area (Å²) in [7, 11) is -10.1. The van der Waals surface area contributed by atoms with Gasteiger partial charge in [-0.15, -0.1) is 11.3 Å². The molecule has 2 aromatic heterocycles. The lowest BCUT2D eigenvalue weighted by atomic mass is 10.5. The van der Waals surface area contributed by atoms with E-state index in [0.717, 1.165) is 4.70 Å². The molecular weight excluding hydrogens is 306 g/mol. The standard InChI is InChI=1S/C6H6N2O7P2S/c9-16(10,11)15-17(12,13)14-6-7-3-5-4(8-6)1-2-18-5/h1-3H,(H,12,13)(H2,9,10,11). The maximum atomic E-state index is 11.2. The molecule has 12 heteroatoms. The molecule has 0 amide bonds. The van der Waals surface area contributed by atoms with Crippen LogP contribution in [0.3, 0.4) is 0 Å². The first-order valence-corrected chi connectivity index (χ1v) is 8.15. The van der Waals surface area contributed by atoms with Crippen LogP contribution in [0, 0.1) is 0 Å². The van der Waals surface area contributed by atoms with Crippen LogP contribution in [0.25, 0.3) is 10.2 Å². The molecule has 0 aromatic carbocycles. The zero-order valence-corrected chi connectivity index (χ0v) is 11.0. The molecule has 0 saturated heterocycles. The molecule has 2 aromatic rings. The molecule has 18 heavy (non-hydrogen) atoms. The third-order valence-electron chi connectivity index (χ3n) is 1.59. The minimum Gasteiger partial charge on any atom is -0.368 e. The molecule has 0 aliphatic rings. The van der Waals surface area contributed by atoms with Gasteiger partial charge in [-0.1, -0.05) is 0 Å². The molecule has 98 valence electrons. The minimum atomic E-state index is -5.15. The fourth-order valence-electron chi connectivity index (χ4n) is 1.05. The Morgan fingerprint density at radius 3 is 2.67 bits per heavy atom. The molecule has 0 saturated carbocycles. The van der Waals surface area contributed by atoms with E-state index in [9.17, 15) is 9.13 Å².